The van der Waals surface area contributed by atoms with Crippen LogP contribution in [0.1, 0.15) is 41.6 Å². The Kier molecular flexibility index (Phi) is 5.79. The van der Waals surface area contributed by atoms with Crippen molar-refractivity contribution in [3.63, 3.8) is 0 Å². The molecule has 24 heavy (non-hydrogen) atoms. The van der Waals surface area contributed by atoms with E-state index >= 15 is 0 Å². The fourth-order valence-electron chi connectivity index (χ4n) is 3.11. The summed E-state index contributed by atoms with van der Waals surface area (Å²) in [6, 6.07) is 3.79. The van der Waals surface area contributed by atoms with E-state index in [1.807, 2.05) is 24.4 Å². The van der Waals surface area contributed by atoms with E-state index in [-0.39, 0.29) is 5.97 Å². The summed E-state index contributed by atoms with van der Waals surface area (Å²) in [5.74, 6) is 0.730. The van der Waals surface area contributed by atoms with Gasteiger partial charge in [0.2, 0.25) is 0 Å². The number of ether oxygens (including phenoxy) is 1. The van der Waals surface area contributed by atoms with E-state index in [0.717, 1.165) is 42.5 Å². The molecule has 0 aromatic carbocycles. The van der Waals surface area contributed by atoms with Crippen molar-refractivity contribution in [2.75, 3.05) is 24.6 Å². The molecule has 5 nitrogen and oxygen atoms in total. The molecule has 2 aromatic heterocycles. The molecule has 0 amide bonds. The summed E-state index contributed by atoms with van der Waals surface area (Å²) >= 11 is 7.51. The number of halogens is 1. The maximum absolute atomic E-state index is 11.7. The molecule has 0 aliphatic carbocycles. The van der Waals surface area contributed by atoms with E-state index in [2.05, 4.69) is 14.9 Å². The number of thiazole rings is 1. The highest BCUT2D eigenvalue weighted by Crippen LogP contribution is 2.28. The van der Waals surface area contributed by atoms with Crippen molar-refractivity contribution < 1.29 is 9.53 Å². The first-order valence-electron chi connectivity index (χ1n) is 8.30. The summed E-state index contributed by atoms with van der Waals surface area (Å²) in [5.41, 5.74) is 2.57. The van der Waals surface area contributed by atoms with Crippen LogP contribution in [0.5, 0.6) is 0 Å². The number of aromatic nitrogens is 2. The number of rotatable bonds is 6. The fraction of sp³-hybridized carbons (Fsp3) is 0.529. The SMILES string of the molecule is CCOC(=O)c1ccc(CC2CCCN(c3nc(CCl)cs3)C2)[nH]1. The average Bonchev–Trinajstić information content (AvgIpc) is 3.24. The number of carbonyl (C=O) groups is 1. The van der Waals surface area contributed by atoms with Crippen molar-refractivity contribution >= 4 is 34.0 Å². The van der Waals surface area contributed by atoms with Gasteiger partial charge in [-0.05, 0) is 44.2 Å². The van der Waals surface area contributed by atoms with Gasteiger partial charge >= 0.3 is 5.97 Å². The van der Waals surface area contributed by atoms with Gasteiger partial charge in [0.15, 0.2) is 5.13 Å². The number of aromatic amines is 1. The number of hydrogen-bond acceptors (Lipinski definition) is 5. The minimum absolute atomic E-state index is 0.287. The molecule has 0 bridgehead atoms. The van der Waals surface area contributed by atoms with Crippen LogP contribution in [0.4, 0.5) is 5.13 Å². The van der Waals surface area contributed by atoms with Crippen molar-refractivity contribution in [2.45, 2.75) is 32.1 Å². The molecule has 1 aliphatic heterocycles. The smallest absolute Gasteiger partial charge is 0.354 e. The fourth-order valence-corrected chi connectivity index (χ4v) is 4.20. The van der Waals surface area contributed by atoms with Gasteiger partial charge in [-0.2, -0.15) is 0 Å². The highest BCUT2D eigenvalue weighted by atomic mass is 35.5. The molecular formula is C17H22ClN3O2S. The quantitative estimate of drug-likeness (QED) is 0.622. The summed E-state index contributed by atoms with van der Waals surface area (Å²) in [4.78, 5) is 21.9. The summed E-state index contributed by atoms with van der Waals surface area (Å²) in [6.45, 7) is 4.24. The summed E-state index contributed by atoms with van der Waals surface area (Å²) in [5, 5.41) is 3.09. The zero-order chi connectivity index (χ0) is 16.9. The van der Waals surface area contributed by atoms with Gasteiger partial charge in [-0.15, -0.1) is 22.9 Å². The third-order valence-corrected chi connectivity index (χ3v) is 5.44. The Bertz CT molecular complexity index is 685. The van der Waals surface area contributed by atoms with E-state index in [1.54, 1.807) is 11.3 Å². The first-order chi connectivity index (χ1) is 11.7. The number of alkyl halides is 1. The minimum atomic E-state index is -0.287. The van der Waals surface area contributed by atoms with Crippen molar-refractivity contribution in [3.8, 4) is 0 Å². The molecule has 130 valence electrons. The largest absolute Gasteiger partial charge is 0.461 e. The topological polar surface area (TPSA) is 58.2 Å². The molecule has 1 N–H and O–H groups in total. The third-order valence-electron chi connectivity index (χ3n) is 4.22. The number of nitrogens with zero attached hydrogens (tertiary/aromatic N) is 2. The average molecular weight is 368 g/mol. The van der Waals surface area contributed by atoms with Gasteiger partial charge in [-0.3, -0.25) is 0 Å². The molecule has 2 aromatic rings. The van der Waals surface area contributed by atoms with Crippen LogP contribution >= 0.6 is 22.9 Å². The van der Waals surface area contributed by atoms with Gasteiger partial charge in [-0.1, -0.05) is 0 Å². The minimum Gasteiger partial charge on any atom is -0.461 e. The second kappa shape index (κ2) is 8.03. The standard InChI is InChI=1S/C17H22ClN3O2S/c1-2-23-16(22)15-6-5-13(19-15)8-12-4-3-7-21(10-12)17-20-14(9-18)11-24-17/h5-6,11-12,19H,2-4,7-10H2,1H3. The Hall–Kier alpha value is -1.53. The van der Waals surface area contributed by atoms with E-state index in [1.165, 1.54) is 6.42 Å². The molecule has 1 fully saturated rings. The maximum Gasteiger partial charge on any atom is 0.354 e. The van der Waals surface area contributed by atoms with Crippen molar-refractivity contribution in [3.05, 3.63) is 34.6 Å². The van der Waals surface area contributed by atoms with Gasteiger partial charge in [0.05, 0.1) is 18.2 Å². The number of nitrogens with one attached hydrogen (secondary N) is 1. The van der Waals surface area contributed by atoms with Crippen LogP contribution in [-0.4, -0.2) is 35.6 Å². The van der Waals surface area contributed by atoms with Crippen LogP contribution in [0.25, 0.3) is 0 Å². The summed E-state index contributed by atoms with van der Waals surface area (Å²) in [7, 11) is 0. The number of H-pyrrole nitrogens is 1. The molecule has 1 aliphatic rings. The molecule has 1 unspecified atom stereocenters. The lowest BCUT2D eigenvalue weighted by molar-refractivity contribution is 0.0520. The first kappa shape index (κ1) is 17.3. The van der Waals surface area contributed by atoms with Gasteiger partial charge in [0, 0.05) is 24.2 Å². The number of piperidine rings is 1. The van der Waals surface area contributed by atoms with Gasteiger partial charge in [-0.25, -0.2) is 9.78 Å². The number of carbonyl (C=O) groups excluding carboxylic acids is 1. The lowest BCUT2D eigenvalue weighted by Gasteiger charge is -2.32. The molecular weight excluding hydrogens is 346 g/mol. The predicted octanol–water partition coefficient (Wildman–Crippen LogP) is 3.85. The molecule has 0 spiro atoms. The number of anilines is 1. The highest BCUT2D eigenvalue weighted by molar-refractivity contribution is 7.13. The van der Waals surface area contributed by atoms with Crippen molar-refractivity contribution in [1.82, 2.24) is 9.97 Å². The van der Waals surface area contributed by atoms with Gasteiger partial charge in [0.1, 0.15) is 5.69 Å². The van der Waals surface area contributed by atoms with E-state index < -0.39 is 0 Å². The first-order valence-corrected chi connectivity index (χ1v) is 9.71. The van der Waals surface area contributed by atoms with Crippen LogP contribution in [0.15, 0.2) is 17.5 Å². The molecule has 1 atom stereocenters. The number of hydrogen-bond donors (Lipinski definition) is 1. The zero-order valence-corrected chi connectivity index (χ0v) is 15.3. The lowest BCUT2D eigenvalue weighted by Crippen LogP contribution is -2.36. The van der Waals surface area contributed by atoms with E-state index in [0.29, 0.717) is 24.1 Å². The van der Waals surface area contributed by atoms with Crippen LogP contribution in [-0.2, 0) is 17.0 Å². The second-order valence-electron chi connectivity index (χ2n) is 6.03. The Labute approximate surface area is 151 Å². The molecule has 3 heterocycles. The Balaban J connectivity index is 1.60. The molecule has 7 heteroatoms. The molecule has 0 radical (unpaired) electrons. The molecule has 0 saturated carbocycles. The van der Waals surface area contributed by atoms with Gasteiger partial charge in [0.25, 0.3) is 0 Å². The predicted molar refractivity (Wildman–Crippen MR) is 97.1 cm³/mol. The third kappa shape index (κ3) is 4.11. The lowest BCUT2D eigenvalue weighted by atomic mass is 9.94. The Morgan fingerprint density at radius 3 is 3.17 bits per heavy atom. The van der Waals surface area contributed by atoms with E-state index in [9.17, 15) is 4.79 Å². The van der Waals surface area contributed by atoms with Crippen LogP contribution in [0.3, 0.4) is 0 Å². The summed E-state index contributed by atoms with van der Waals surface area (Å²) < 4.78 is 5.02. The van der Waals surface area contributed by atoms with Crippen LogP contribution < -0.4 is 4.90 Å². The van der Waals surface area contributed by atoms with E-state index in [4.69, 9.17) is 16.3 Å². The monoisotopic (exact) mass is 367 g/mol. The summed E-state index contributed by atoms with van der Waals surface area (Å²) in [6.07, 6.45) is 3.29. The maximum atomic E-state index is 11.7. The van der Waals surface area contributed by atoms with Crippen molar-refractivity contribution in [1.29, 1.82) is 0 Å². The van der Waals surface area contributed by atoms with Gasteiger partial charge < -0.3 is 14.6 Å². The second-order valence-corrected chi connectivity index (χ2v) is 7.13. The Morgan fingerprint density at radius 1 is 1.54 bits per heavy atom. The highest BCUT2D eigenvalue weighted by Gasteiger charge is 2.23. The number of esters is 1. The molecule has 1 saturated heterocycles. The Morgan fingerprint density at radius 2 is 2.42 bits per heavy atom. The van der Waals surface area contributed by atoms with Crippen LogP contribution in [0, 0.1) is 5.92 Å². The van der Waals surface area contributed by atoms with Crippen LogP contribution in [0.2, 0.25) is 0 Å². The normalized spacial score (nSPS) is 17.9. The van der Waals surface area contributed by atoms with Crippen molar-refractivity contribution in [2.24, 2.45) is 5.92 Å². The zero-order valence-electron chi connectivity index (χ0n) is 13.8. The molecule has 3 rings (SSSR count).